The topological polar surface area (TPSA) is 63.3 Å². The second-order valence-corrected chi connectivity index (χ2v) is 8.41. The number of benzene rings is 2. The Kier molecular flexibility index (Phi) is 5.13. The molecule has 4 rings (SSSR count). The number of nitrogens with zero attached hydrogens (tertiary/aromatic N) is 1. The molecule has 1 saturated carbocycles. The van der Waals surface area contributed by atoms with Crippen molar-refractivity contribution in [3.63, 3.8) is 0 Å². The molecule has 3 aromatic rings. The van der Waals surface area contributed by atoms with Crippen LogP contribution in [0.4, 0.5) is 13.2 Å². The molecule has 4 nitrogen and oxygen atoms in total. The maximum atomic E-state index is 12.7. The van der Waals surface area contributed by atoms with Gasteiger partial charge in [0.2, 0.25) is 0 Å². The number of rotatable bonds is 6. The molecule has 0 atom stereocenters. The Balaban J connectivity index is 1.44. The standard InChI is InChI=1S/C22H18F3NO3S/c1-13-18(26-29-19(13)14-2-4-16(5-3-14)22(23,24)25)12-30-17-8-6-15(7-9-17)21(10-11-21)20(27)28/h2-9H,10-12H2,1H3,(H,27,28). The summed E-state index contributed by atoms with van der Waals surface area (Å²) in [5, 5.41) is 13.5. The molecule has 0 bridgehead atoms. The average Bonchev–Trinajstić information content (AvgIpc) is 3.45. The van der Waals surface area contributed by atoms with E-state index in [2.05, 4.69) is 5.16 Å². The number of hydrogen-bond acceptors (Lipinski definition) is 4. The first kappa shape index (κ1) is 20.5. The molecular weight excluding hydrogens is 415 g/mol. The third-order valence-electron chi connectivity index (χ3n) is 5.44. The summed E-state index contributed by atoms with van der Waals surface area (Å²) in [6, 6.07) is 12.3. The minimum absolute atomic E-state index is 0.451. The van der Waals surface area contributed by atoms with Crippen LogP contribution < -0.4 is 0 Å². The van der Waals surface area contributed by atoms with Crippen LogP contribution in [0.15, 0.2) is 57.9 Å². The van der Waals surface area contributed by atoms with E-state index in [1.54, 1.807) is 0 Å². The van der Waals surface area contributed by atoms with Crippen molar-refractivity contribution in [3.05, 3.63) is 70.9 Å². The summed E-state index contributed by atoms with van der Waals surface area (Å²) in [5.74, 6) is 0.197. The van der Waals surface area contributed by atoms with Crippen LogP contribution in [0.25, 0.3) is 11.3 Å². The van der Waals surface area contributed by atoms with Crippen LogP contribution in [0.2, 0.25) is 0 Å². The van der Waals surface area contributed by atoms with Gasteiger partial charge in [-0.05, 0) is 49.6 Å². The second kappa shape index (κ2) is 7.50. The number of alkyl halides is 3. The van der Waals surface area contributed by atoms with E-state index in [0.717, 1.165) is 28.2 Å². The fourth-order valence-corrected chi connectivity index (χ4v) is 4.26. The molecule has 1 N–H and O–H groups in total. The normalized spacial score (nSPS) is 15.2. The Morgan fingerprint density at radius 2 is 1.77 bits per heavy atom. The lowest BCUT2D eigenvalue weighted by Crippen LogP contribution is -2.19. The van der Waals surface area contributed by atoms with E-state index in [9.17, 15) is 23.1 Å². The van der Waals surface area contributed by atoms with E-state index < -0.39 is 23.1 Å². The van der Waals surface area contributed by atoms with Crippen molar-refractivity contribution in [2.24, 2.45) is 0 Å². The molecule has 0 radical (unpaired) electrons. The maximum absolute atomic E-state index is 12.7. The largest absolute Gasteiger partial charge is 0.481 e. The highest BCUT2D eigenvalue weighted by Crippen LogP contribution is 2.48. The minimum atomic E-state index is -4.38. The molecule has 1 fully saturated rings. The van der Waals surface area contributed by atoms with Crippen molar-refractivity contribution >= 4 is 17.7 Å². The molecule has 156 valence electrons. The molecule has 1 heterocycles. The Bertz CT molecular complexity index is 1070. The monoisotopic (exact) mass is 433 g/mol. The van der Waals surface area contributed by atoms with Crippen LogP contribution in [-0.2, 0) is 22.1 Å². The molecule has 0 unspecified atom stereocenters. The Morgan fingerprint density at radius 3 is 2.30 bits per heavy atom. The first-order valence-electron chi connectivity index (χ1n) is 9.30. The summed E-state index contributed by atoms with van der Waals surface area (Å²) in [5.41, 5.74) is 1.42. The summed E-state index contributed by atoms with van der Waals surface area (Å²) in [6.45, 7) is 1.83. The molecule has 0 aliphatic heterocycles. The zero-order chi connectivity index (χ0) is 21.5. The van der Waals surface area contributed by atoms with E-state index in [1.807, 2.05) is 31.2 Å². The highest BCUT2D eigenvalue weighted by Gasteiger charge is 2.51. The fraction of sp³-hybridized carbons (Fsp3) is 0.273. The van der Waals surface area contributed by atoms with Gasteiger partial charge >= 0.3 is 12.1 Å². The summed E-state index contributed by atoms with van der Waals surface area (Å²) < 4.78 is 43.6. The van der Waals surface area contributed by atoms with Crippen LogP contribution in [0.3, 0.4) is 0 Å². The van der Waals surface area contributed by atoms with Gasteiger partial charge in [-0.25, -0.2) is 0 Å². The number of thioether (sulfide) groups is 1. The molecule has 2 aromatic carbocycles. The number of carboxylic acid groups (broad SMARTS) is 1. The van der Waals surface area contributed by atoms with Gasteiger partial charge < -0.3 is 9.63 Å². The number of hydrogen-bond donors (Lipinski definition) is 1. The fourth-order valence-electron chi connectivity index (χ4n) is 3.36. The lowest BCUT2D eigenvalue weighted by atomic mass is 9.96. The van der Waals surface area contributed by atoms with E-state index in [4.69, 9.17) is 4.52 Å². The second-order valence-electron chi connectivity index (χ2n) is 7.36. The van der Waals surface area contributed by atoms with Gasteiger partial charge in [-0.15, -0.1) is 11.8 Å². The zero-order valence-electron chi connectivity index (χ0n) is 16.0. The van der Waals surface area contributed by atoms with Gasteiger partial charge in [0.25, 0.3) is 0 Å². The lowest BCUT2D eigenvalue weighted by Gasteiger charge is -2.10. The smallest absolute Gasteiger partial charge is 0.416 e. The van der Waals surface area contributed by atoms with Crippen molar-refractivity contribution < 1.29 is 27.6 Å². The van der Waals surface area contributed by atoms with Gasteiger partial charge in [0.05, 0.1) is 16.7 Å². The van der Waals surface area contributed by atoms with Crippen molar-refractivity contribution in [1.29, 1.82) is 0 Å². The van der Waals surface area contributed by atoms with Crippen LogP contribution in [-0.4, -0.2) is 16.2 Å². The Hall–Kier alpha value is -2.74. The van der Waals surface area contributed by atoms with Crippen LogP contribution >= 0.6 is 11.8 Å². The maximum Gasteiger partial charge on any atom is 0.416 e. The van der Waals surface area contributed by atoms with Gasteiger partial charge in [-0.1, -0.05) is 29.4 Å². The van der Waals surface area contributed by atoms with Crippen molar-refractivity contribution in [3.8, 4) is 11.3 Å². The zero-order valence-corrected chi connectivity index (χ0v) is 16.8. The lowest BCUT2D eigenvalue weighted by molar-refractivity contribution is -0.140. The molecule has 0 spiro atoms. The highest BCUT2D eigenvalue weighted by atomic mass is 32.2. The summed E-state index contributed by atoms with van der Waals surface area (Å²) in [6.07, 6.45) is -3.05. The molecule has 30 heavy (non-hydrogen) atoms. The van der Waals surface area contributed by atoms with Crippen molar-refractivity contribution in [1.82, 2.24) is 5.16 Å². The van der Waals surface area contributed by atoms with Gasteiger partial charge in [-0.2, -0.15) is 13.2 Å². The van der Waals surface area contributed by atoms with Crippen molar-refractivity contribution in [2.45, 2.75) is 42.0 Å². The molecular formula is C22H18F3NO3S. The predicted octanol–water partition coefficient (Wildman–Crippen LogP) is 6.08. The Labute approximate surface area is 175 Å². The number of aromatic nitrogens is 1. The minimum Gasteiger partial charge on any atom is -0.481 e. The highest BCUT2D eigenvalue weighted by molar-refractivity contribution is 7.98. The van der Waals surface area contributed by atoms with Gasteiger partial charge in [-0.3, -0.25) is 4.79 Å². The first-order chi connectivity index (χ1) is 14.2. The predicted molar refractivity (Wildman–Crippen MR) is 106 cm³/mol. The van der Waals surface area contributed by atoms with E-state index >= 15 is 0 Å². The van der Waals surface area contributed by atoms with Crippen LogP contribution in [0.1, 0.15) is 35.2 Å². The van der Waals surface area contributed by atoms with Gasteiger partial charge in [0, 0.05) is 21.8 Å². The molecule has 0 saturated heterocycles. The van der Waals surface area contributed by atoms with Crippen molar-refractivity contribution in [2.75, 3.05) is 0 Å². The summed E-state index contributed by atoms with van der Waals surface area (Å²) >= 11 is 1.53. The number of carbonyl (C=O) groups is 1. The van der Waals surface area contributed by atoms with Gasteiger partial charge in [0.15, 0.2) is 5.76 Å². The van der Waals surface area contributed by atoms with Crippen LogP contribution in [0, 0.1) is 6.92 Å². The summed E-state index contributed by atoms with van der Waals surface area (Å²) in [7, 11) is 0. The first-order valence-corrected chi connectivity index (χ1v) is 10.3. The van der Waals surface area contributed by atoms with E-state index in [1.165, 1.54) is 23.9 Å². The third-order valence-corrected chi connectivity index (χ3v) is 6.46. The quantitative estimate of drug-likeness (QED) is 0.478. The van der Waals surface area contributed by atoms with Gasteiger partial charge in [0.1, 0.15) is 0 Å². The molecule has 8 heteroatoms. The number of halogens is 3. The Morgan fingerprint density at radius 1 is 1.13 bits per heavy atom. The molecule has 1 aliphatic rings. The molecule has 1 aromatic heterocycles. The van der Waals surface area contributed by atoms with E-state index in [0.29, 0.717) is 35.6 Å². The average molecular weight is 433 g/mol. The third kappa shape index (κ3) is 3.84. The number of carboxylic acids is 1. The van der Waals surface area contributed by atoms with Crippen LogP contribution in [0.5, 0.6) is 0 Å². The van der Waals surface area contributed by atoms with E-state index in [-0.39, 0.29) is 0 Å². The number of aliphatic carboxylic acids is 1. The molecule has 0 amide bonds. The molecule has 1 aliphatic carbocycles. The summed E-state index contributed by atoms with van der Waals surface area (Å²) in [4.78, 5) is 12.4. The SMILES string of the molecule is Cc1c(CSc2ccc(C3(C(=O)O)CC3)cc2)noc1-c1ccc(C(F)(F)F)cc1.